The molecule has 2 N–H and O–H groups in total. The van der Waals surface area contributed by atoms with Gasteiger partial charge in [0, 0.05) is 22.9 Å². The first kappa shape index (κ1) is 30.6. The Balaban J connectivity index is 1.27. The van der Waals surface area contributed by atoms with E-state index in [1.807, 2.05) is 45.2 Å². The lowest BCUT2D eigenvalue weighted by Gasteiger charge is -2.43. The molecule has 1 amide bonds. The van der Waals surface area contributed by atoms with Gasteiger partial charge in [-0.3, -0.25) is 4.57 Å². The molecule has 0 radical (unpaired) electrons. The van der Waals surface area contributed by atoms with Crippen LogP contribution < -0.4 is 10.6 Å². The Morgan fingerprint density at radius 2 is 1.47 bits per heavy atom. The van der Waals surface area contributed by atoms with Gasteiger partial charge in [-0.2, -0.15) is 0 Å². The molecule has 8 rings (SSSR count). The van der Waals surface area contributed by atoms with Crippen LogP contribution in [0, 0.1) is 6.92 Å². The second kappa shape index (κ2) is 11.8. The van der Waals surface area contributed by atoms with Crippen LogP contribution in [0.4, 0.5) is 16.3 Å². The second-order valence-electron chi connectivity index (χ2n) is 14.1. The molecule has 6 aromatic rings. The molecule has 1 aliphatic heterocycles. The van der Waals surface area contributed by atoms with Gasteiger partial charge in [0.1, 0.15) is 11.4 Å². The van der Waals surface area contributed by atoms with Gasteiger partial charge in [-0.15, -0.1) is 0 Å². The van der Waals surface area contributed by atoms with Gasteiger partial charge in [0.05, 0.1) is 28.3 Å². The molecule has 2 aromatic heterocycles. The summed E-state index contributed by atoms with van der Waals surface area (Å²) in [6.07, 6.45) is 4.21. The van der Waals surface area contributed by atoms with Gasteiger partial charge < -0.3 is 15.4 Å². The molecule has 7 nitrogen and oxygen atoms in total. The van der Waals surface area contributed by atoms with Crippen LogP contribution in [0.2, 0.25) is 0 Å². The van der Waals surface area contributed by atoms with Crippen molar-refractivity contribution in [3.8, 4) is 50.7 Å². The number of rotatable bonds is 5. The number of pyridine rings is 1. The van der Waals surface area contributed by atoms with Crippen LogP contribution in [-0.2, 0) is 10.3 Å². The summed E-state index contributed by atoms with van der Waals surface area (Å²) in [7, 11) is 0. The van der Waals surface area contributed by atoms with E-state index in [4.69, 9.17) is 14.7 Å². The second-order valence-corrected chi connectivity index (χ2v) is 14.1. The van der Waals surface area contributed by atoms with Gasteiger partial charge in [-0.1, -0.05) is 90.5 Å². The Labute approximate surface area is 287 Å². The fraction of sp³-hybridized carbons (Fsp3) is 0.214. The van der Waals surface area contributed by atoms with E-state index in [9.17, 15) is 4.79 Å². The predicted molar refractivity (Wildman–Crippen MR) is 196 cm³/mol. The summed E-state index contributed by atoms with van der Waals surface area (Å²) in [5.41, 5.74) is 10.4. The van der Waals surface area contributed by atoms with Gasteiger partial charge in [-0.05, 0) is 87.9 Å². The van der Waals surface area contributed by atoms with Crippen molar-refractivity contribution in [2.45, 2.75) is 58.1 Å². The highest BCUT2D eigenvalue weighted by atomic mass is 16.6. The molecule has 1 fully saturated rings. The minimum Gasteiger partial charge on any atom is -0.444 e. The average Bonchev–Trinajstić information content (AvgIpc) is 3.41. The first-order valence-electron chi connectivity index (χ1n) is 16.9. The van der Waals surface area contributed by atoms with Crippen molar-refractivity contribution >= 4 is 17.6 Å². The molecule has 49 heavy (non-hydrogen) atoms. The number of hydrogen-bond donors (Lipinski definition) is 2. The molecule has 3 heterocycles. The maximum Gasteiger partial charge on any atom is 0.408 e. The number of fused-ring (bicyclic) bond motifs is 5. The molecule has 0 bridgehead atoms. The third-order valence-electron chi connectivity index (χ3n) is 9.53. The van der Waals surface area contributed by atoms with E-state index in [0.717, 1.165) is 81.5 Å². The molecule has 7 heteroatoms. The molecule has 0 atom stereocenters. The Morgan fingerprint density at radius 3 is 2.14 bits per heavy atom. The lowest BCUT2D eigenvalue weighted by Crippen LogP contribution is -2.52. The molecular weight excluding hydrogens is 606 g/mol. The molecular formula is C42H39N5O2. The summed E-state index contributed by atoms with van der Waals surface area (Å²) in [5.74, 6) is 1.61. The highest BCUT2D eigenvalue weighted by Crippen LogP contribution is 2.46. The Bertz CT molecular complexity index is 2170. The van der Waals surface area contributed by atoms with Gasteiger partial charge in [-0.25, -0.2) is 14.8 Å². The number of aryl methyl sites for hydroxylation is 1. The lowest BCUT2D eigenvalue weighted by atomic mass is 9.71. The predicted octanol–water partition coefficient (Wildman–Crippen LogP) is 10.2. The zero-order valence-electron chi connectivity index (χ0n) is 28.2. The topological polar surface area (TPSA) is 81.1 Å². The van der Waals surface area contributed by atoms with E-state index < -0.39 is 11.1 Å². The first-order chi connectivity index (χ1) is 23.7. The molecule has 0 spiro atoms. The zero-order valence-corrected chi connectivity index (χ0v) is 28.2. The third-order valence-corrected chi connectivity index (χ3v) is 9.53. The van der Waals surface area contributed by atoms with Gasteiger partial charge in [0.25, 0.3) is 0 Å². The summed E-state index contributed by atoms with van der Waals surface area (Å²) in [4.78, 5) is 23.0. The van der Waals surface area contributed by atoms with Crippen LogP contribution in [0.25, 0.3) is 50.7 Å². The number of amides is 1. The Morgan fingerprint density at radius 1 is 0.816 bits per heavy atom. The lowest BCUT2D eigenvalue weighted by molar-refractivity contribution is 0.0377. The number of nitrogens with zero attached hydrogens (tertiary/aromatic N) is 3. The van der Waals surface area contributed by atoms with Crippen LogP contribution in [0.3, 0.4) is 0 Å². The maximum absolute atomic E-state index is 12.9. The van der Waals surface area contributed by atoms with Crippen LogP contribution in [0.15, 0.2) is 115 Å². The Hall–Kier alpha value is -5.69. The number of ether oxygens (including phenoxy) is 1. The highest BCUT2D eigenvalue weighted by molar-refractivity contribution is 5.91. The molecule has 2 aliphatic rings. The smallest absolute Gasteiger partial charge is 0.408 e. The van der Waals surface area contributed by atoms with Gasteiger partial charge in [0.2, 0.25) is 0 Å². The number of carbonyl (C=O) groups is 1. The quantitative estimate of drug-likeness (QED) is 0.195. The van der Waals surface area contributed by atoms with E-state index in [1.54, 1.807) is 0 Å². The van der Waals surface area contributed by atoms with E-state index in [1.165, 1.54) is 11.1 Å². The van der Waals surface area contributed by atoms with Crippen molar-refractivity contribution in [3.63, 3.8) is 0 Å². The number of anilines is 2. The standard InChI is InChI=1S/C42H39N5O2/c1-27-12-14-28(15-13-27)29-16-18-30(19-17-29)36-37(31-20-22-32(23-21-31)42(24-8-25-42)46-40(48)49-41(2,3)4)47-35-11-7-26-43-38(35)44-34-10-6-5-9-33(34)39(47)45-36/h5-7,9-23,26H,8,24-25H2,1-4H3,(H,43,44)(H,46,48). The van der Waals surface area contributed by atoms with Crippen LogP contribution >= 0.6 is 0 Å². The third kappa shape index (κ3) is 5.65. The molecule has 1 aliphatic carbocycles. The fourth-order valence-electron chi connectivity index (χ4n) is 6.92. The summed E-state index contributed by atoms with van der Waals surface area (Å²) in [5, 5.41) is 6.76. The zero-order chi connectivity index (χ0) is 33.8. The Kier molecular flexibility index (Phi) is 7.36. The maximum atomic E-state index is 12.9. The number of hydrogen-bond acceptors (Lipinski definition) is 5. The number of imidazole rings is 1. The minimum absolute atomic E-state index is 0.385. The van der Waals surface area contributed by atoms with Crippen LogP contribution in [-0.4, -0.2) is 26.2 Å². The molecule has 0 saturated heterocycles. The van der Waals surface area contributed by atoms with Gasteiger partial charge in [0.15, 0.2) is 5.82 Å². The SMILES string of the molecule is Cc1ccc(-c2ccc(-c3nc4n(c3-c3ccc(C5(NC(=O)OC(C)(C)C)CCC5)cc3)-c3cccnc3Nc3ccccc3-4)cc2)cc1. The number of aromatic nitrogens is 3. The number of benzene rings is 4. The van der Waals surface area contributed by atoms with Crippen molar-refractivity contribution in [1.29, 1.82) is 0 Å². The summed E-state index contributed by atoms with van der Waals surface area (Å²) < 4.78 is 7.88. The highest BCUT2D eigenvalue weighted by Gasteiger charge is 2.41. The molecule has 244 valence electrons. The van der Waals surface area contributed by atoms with Crippen LogP contribution in [0.1, 0.15) is 51.2 Å². The van der Waals surface area contributed by atoms with Crippen molar-refractivity contribution in [2.75, 3.05) is 5.32 Å². The van der Waals surface area contributed by atoms with Gasteiger partial charge >= 0.3 is 6.09 Å². The van der Waals surface area contributed by atoms with Crippen molar-refractivity contribution in [2.24, 2.45) is 0 Å². The average molecular weight is 646 g/mol. The minimum atomic E-state index is -0.563. The molecule has 4 aromatic carbocycles. The summed E-state index contributed by atoms with van der Waals surface area (Å²) in [6.45, 7) is 7.77. The number of alkyl carbamates (subject to hydrolysis) is 1. The largest absolute Gasteiger partial charge is 0.444 e. The molecule has 1 saturated carbocycles. The van der Waals surface area contributed by atoms with E-state index in [-0.39, 0.29) is 6.09 Å². The monoisotopic (exact) mass is 645 g/mol. The van der Waals surface area contributed by atoms with E-state index in [0.29, 0.717) is 0 Å². The fourth-order valence-corrected chi connectivity index (χ4v) is 6.92. The first-order valence-corrected chi connectivity index (χ1v) is 16.9. The normalized spacial score (nSPS) is 14.3. The van der Waals surface area contributed by atoms with E-state index >= 15 is 0 Å². The van der Waals surface area contributed by atoms with E-state index in [2.05, 4.69) is 113 Å². The van der Waals surface area contributed by atoms with Crippen molar-refractivity contribution in [3.05, 3.63) is 127 Å². The number of nitrogens with one attached hydrogen (secondary N) is 2. The molecule has 0 unspecified atom stereocenters. The van der Waals surface area contributed by atoms with Crippen molar-refractivity contribution < 1.29 is 9.53 Å². The summed E-state index contributed by atoms with van der Waals surface area (Å²) in [6, 6.07) is 38.2. The van der Waals surface area contributed by atoms with Crippen LogP contribution in [0.5, 0.6) is 0 Å². The van der Waals surface area contributed by atoms with Crippen molar-refractivity contribution in [1.82, 2.24) is 19.9 Å². The number of carbonyl (C=O) groups excluding carboxylic acids is 1. The number of para-hydroxylation sites is 1. The summed E-state index contributed by atoms with van der Waals surface area (Å²) >= 11 is 0.